The highest BCUT2D eigenvalue weighted by Crippen LogP contribution is 2.27. The van der Waals surface area contributed by atoms with E-state index in [2.05, 4.69) is 24.4 Å². The Morgan fingerprint density at radius 3 is 3.12 bits per heavy atom. The Morgan fingerprint density at radius 1 is 1.53 bits per heavy atom. The van der Waals surface area contributed by atoms with Crippen LogP contribution in [0.4, 0.5) is 0 Å². The molecule has 0 saturated heterocycles. The second kappa shape index (κ2) is 5.65. The molecule has 1 aliphatic rings. The van der Waals surface area contributed by atoms with E-state index in [1.54, 1.807) is 6.26 Å². The van der Waals surface area contributed by atoms with Crippen LogP contribution in [0.15, 0.2) is 18.2 Å². The summed E-state index contributed by atoms with van der Waals surface area (Å²) in [5, 5.41) is 3.39. The lowest BCUT2D eigenvalue weighted by molar-refractivity contribution is 0.356. The van der Waals surface area contributed by atoms with Gasteiger partial charge in [0.15, 0.2) is 0 Å². The van der Waals surface area contributed by atoms with Crippen molar-refractivity contribution in [1.29, 1.82) is 0 Å². The Bertz CT molecular complexity index is 420. The van der Waals surface area contributed by atoms with Gasteiger partial charge in [-0.1, -0.05) is 12.1 Å². The monoisotopic (exact) mass is 253 g/mol. The van der Waals surface area contributed by atoms with E-state index in [1.807, 2.05) is 6.07 Å². The first-order chi connectivity index (χ1) is 8.16. The van der Waals surface area contributed by atoms with E-state index < -0.39 is 10.8 Å². The molecule has 1 aromatic rings. The summed E-state index contributed by atoms with van der Waals surface area (Å²) >= 11 is 0. The van der Waals surface area contributed by atoms with Crippen LogP contribution in [0.5, 0.6) is 5.75 Å². The molecular weight excluding hydrogens is 234 g/mol. The van der Waals surface area contributed by atoms with Crippen LogP contribution in [0.3, 0.4) is 0 Å². The fourth-order valence-electron chi connectivity index (χ4n) is 2.01. The molecule has 0 aromatic heterocycles. The van der Waals surface area contributed by atoms with Crippen LogP contribution >= 0.6 is 0 Å². The first-order valence-electron chi connectivity index (χ1n) is 5.96. The minimum absolute atomic E-state index is 0.296. The lowest BCUT2D eigenvalue weighted by atomic mass is 10.0. The van der Waals surface area contributed by atoms with E-state index in [1.165, 1.54) is 11.1 Å². The maximum atomic E-state index is 11.0. The molecule has 0 saturated carbocycles. The summed E-state index contributed by atoms with van der Waals surface area (Å²) in [6.45, 7) is 3.73. The zero-order valence-electron chi connectivity index (χ0n) is 10.4. The average molecular weight is 253 g/mol. The van der Waals surface area contributed by atoms with Crippen molar-refractivity contribution in [3.63, 3.8) is 0 Å². The molecule has 0 amide bonds. The summed E-state index contributed by atoms with van der Waals surface area (Å²) in [4.78, 5) is 0. The molecule has 0 radical (unpaired) electrons. The minimum atomic E-state index is -0.721. The van der Waals surface area contributed by atoms with Gasteiger partial charge in [-0.05, 0) is 24.1 Å². The standard InChI is InChI=1S/C13H19NO2S/c1-10(14-6-8-17(2)15)11-3-4-13-12(9-11)5-7-16-13/h3-4,9-10,14H,5-8H2,1-2H3. The zero-order valence-corrected chi connectivity index (χ0v) is 11.2. The van der Waals surface area contributed by atoms with Crippen LogP contribution in [0, 0.1) is 0 Å². The van der Waals surface area contributed by atoms with Crippen LogP contribution in [-0.4, -0.2) is 29.4 Å². The number of hydrogen-bond donors (Lipinski definition) is 1. The van der Waals surface area contributed by atoms with Gasteiger partial charge in [-0.15, -0.1) is 0 Å². The molecule has 0 aliphatic carbocycles. The normalized spacial score (nSPS) is 17.3. The molecule has 0 bridgehead atoms. The number of rotatable bonds is 5. The number of hydrogen-bond acceptors (Lipinski definition) is 3. The van der Waals surface area contributed by atoms with Gasteiger partial charge in [0.25, 0.3) is 0 Å². The molecule has 1 aliphatic heterocycles. The molecule has 3 nitrogen and oxygen atoms in total. The quantitative estimate of drug-likeness (QED) is 0.867. The molecule has 1 aromatic carbocycles. The summed E-state index contributed by atoms with van der Waals surface area (Å²) in [6, 6.07) is 6.66. The second-order valence-corrected chi connectivity index (χ2v) is 5.97. The Labute approximate surface area is 105 Å². The summed E-state index contributed by atoms with van der Waals surface area (Å²) < 4.78 is 16.5. The highest BCUT2D eigenvalue weighted by atomic mass is 32.2. The summed E-state index contributed by atoms with van der Waals surface area (Å²) in [5.41, 5.74) is 2.58. The Kier molecular flexibility index (Phi) is 4.18. The molecule has 1 N–H and O–H groups in total. The van der Waals surface area contributed by atoms with Gasteiger partial charge < -0.3 is 10.1 Å². The molecule has 4 heteroatoms. The first kappa shape index (κ1) is 12.6. The third-order valence-electron chi connectivity index (χ3n) is 3.05. The lowest BCUT2D eigenvalue weighted by Gasteiger charge is -2.14. The molecule has 2 rings (SSSR count). The van der Waals surface area contributed by atoms with Gasteiger partial charge in [-0.25, -0.2) is 0 Å². The molecule has 1 heterocycles. The Balaban J connectivity index is 1.95. The van der Waals surface area contributed by atoms with Crippen molar-refractivity contribution in [3.05, 3.63) is 29.3 Å². The van der Waals surface area contributed by atoms with Crippen molar-refractivity contribution in [2.45, 2.75) is 19.4 Å². The van der Waals surface area contributed by atoms with Crippen LogP contribution in [0.25, 0.3) is 0 Å². The Morgan fingerprint density at radius 2 is 2.35 bits per heavy atom. The van der Waals surface area contributed by atoms with Gasteiger partial charge in [0.2, 0.25) is 0 Å². The van der Waals surface area contributed by atoms with Crippen LogP contribution in [0.2, 0.25) is 0 Å². The van der Waals surface area contributed by atoms with Gasteiger partial charge in [-0.2, -0.15) is 0 Å². The third kappa shape index (κ3) is 3.30. The summed E-state index contributed by atoms with van der Waals surface area (Å²) in [7, 11) is -0.721. The van der Waals surface area contributed by atoms with Gasteiger partial charge >= 0.3 is 0 Å². The van der Waals surface area contributed by atoms with Gasteiger partial charge in [0, 0.05) is 41.8 Å². The molecule has 94 valence electrons. The first-order valence-corrected chi connectivity index (χ1v) is 7.68. The van der Waals surface area contributed by atoms with E-state index in [4.69, 9.17) is 4.74 Å². The molecule has 2 atom stereocenters. The largest absolute Gasteiger partial charge is 0.493 e. The van der Waals surface area contributed by atoms with Crippen LogP contribution in [-0.2, 0) is 17.2 Å². The topological polar surface area (TPSA) is 38.3 Å². The number of ether oxygens (including phenoxy) is 1. The predicted molar refractivity (Wildman–Crippen MR) is 71.0 cm³/mol. The summed E-state index contributed by atoms with van der Waals surface area (Å²) in [5.74, 6) is 1.73. The maximum absolute atomic E-state index is 11.0. The highest BCUT2D eigenvalue weighted by Gasteiger charge is 2.14. The fraction of sp³-hybridized carbons (Fsp3) is 0.538. The molecule has 2 unspecified atom stereocenters. The molecule has 17 heavy (non-hydrogen) atoms. The van der Waals surface area contributed by atoms with Crippen LogP contribution < -0.4 is 10.1 Å². The highest BCUT2D eigenvalue weighted by molar-refractivity contribution is 7.84. The average Bonchev–Trinajstić information content (AvgIpc) is 2.75. The van der Waals surface area contributed by atoms with Crippen LogP contribution in [0.1, 0.15) is 24.1 Å². The second-order valence-electron chi connectivity index (χ2n) is 4.42. The number of nitrogens with one attached hydrogen (secondary N) is 1. The van der Waals surface area contributed by atoms with Gasteiger partial charge in [-0.3, -0.25) is 4.21 Å². The van der Waals surface area contributed by atoms with E-state index >= 15 is 0 Å². The van der Waals surface area contributed by atoms with Crippen molar-refractivity contribution in [3.8, 4) is 5.75 Å². The molecule has 0 spiro atoms. The van der Waals surface area contributed by atoms with E-state index in [9.17, 15) is 4.21 Å². The van der Waals surface area contributed by atoms with E-state index in [0.29, 0.717) is 11.8 Å². The maximum Gasteiger partial charge on any atom is 0.122 e. The summed E-state index contributed by atoms with van der Waals surface area (Å²) in [6.07, 6.45) is 2.74. The Hall–Kier alpha value is -0.870. The van der Waals surface area contributed by atoms with Crippen molar-refractivity contribution < 1.29 is 8.95 Å². The van der Waals surface area contributed by atoms with Gasteiger partial charge in [0.05, 0.1) is 6.61 Å². The zero-order chi connectivity index (χ0) is 12.3. The molecular formula is C13H19NO2S. The van der Waals surface area contributed by atoms with E-state index in [0.717, 1.165) is 25.3 Å². The third-order valence-corrected chi connectivity index (χ3v) is 3.83. The number of fused-ring (bicyclic) bond motifs is 1. The smallest absolute Gasteiger partial charge is 0.122 e. The van der Waals surface area contributed by atoms with E-state index in [-0.39, 0.29) is 0 Å². The predicted octanol–water partition coefficient (Wildman–Crippen LogP) is 1.65. The van der Waals surface area contributed by atoms with Gasteiger partial charge in [0.1, 0.15) is 5.75 Å². The fourth-order valence-corrected chi connectivity index (χ4v) is 2.42. The van der Waals surface area contributed by atoms with Crippen molar-refractivity contribution in [2.75, 3.05) is 25.2 Å². The van der Waals surface area contributed by atoms with Crippen molar-refractivity contribution in [2.24, 2.45) is 0 Å². The van der Waals surface area contributed by atoms with Crippen molar-refractivity contribution >= 4 is 10.8 Å². The molecule has 0 fully saturated rings. The lowest BCUT2D eigenvalue weighted by Crippen LogP contribution is -2.23. The SMILES string of the molecule is CC(NCCS(C)=O)c1ccc2c(c1)CCO2. The minimum Gasteiger partial charge on any atom is -0.493 e. The van der Waals surface area contributed by atoms with Crippen molar-refractivity contribution in [1.82, 2.24) is 5.32 Å². The number of benzene rings is 1.